The standard InChI is InChI=1S/C19H27N3O3/c1-3-14-4-5-15(12(2)21-14)19(24)22-10-8-13(9-11-22)16-6-7-17(25-16)18(20)23/h4-5,13,16-17H,3,6-11H2,1-2H3,(H2,20,23)/t16-,17+/m0/s1. The first-order valence-electron chi connectivity index (χ1n) is 9.20. The molecule has 0 unspecified atom stereocenters. The number of nitrogens with zero attached hydrogens (tertiary/aromatic N) is 2. The number of hydrogen-bond acceptors (Lipinski definition) is 4. The Labute approximate surface area is 148 Å². The van der Waals surface area contributed by atoms with Gasteiger partial charge in [-0.25, -0.2) is 0 Å². The molecule has 3 heterocycles. The number of carbonyl (C=O) groups is 2. The molecule has 2 N–H and O–H groups in total. The molecular weight excluding hydrogens is 318 g/mol. The van der Waals surface area contributed by atoms with Gasteiger partial charge in [-0.1, -0.05) is 6.92 Å². The zero-order valence-electron chi connectivity index (χ0n) is 15.0. The number of rotatable bonds is 4. The first-order chi connectivity index (χ1) is 12.0. The number of primary amides is 1. The minimum Gasteiger partial charge on any atom is -0.367 e. The van der Waals surface area contributed by atoms with Crippen LogP contribution in [-0.4, -0.2) is 47.0 Å². The van der Waals surface area contributed by atoms with Gasteiger partial charge in [0.25, 0.3) is 5.91 Å². The van der Waals surface area contributed by atoms with Crippen molar-refractivity contribution >= 4 is 11.8 Å². The van der Waals surface area contributed by atoms with E-state index in [0.29, 0.717) is 17.9 Å². The van der Waals surface area contributed by atoms with Crippen LogP contribution in [-0.2, 0) is 16.0 Å². The van der Waals surface area contributed by atoms with Gasteiger partial charge in [0.15, 0.2) is 0 Å². The average Bonchev–Trinajstić information content (AvgIpc) is 3.11. The molecule has 0 bridgehead atoms. The number of amides is 2. The Morgan fingerprint density at radius 2 is 1.96 bits per heavy atom. The second-order valence-electron chi connectivity index (χ2n) is 7.06. The monoisotopic (exact) mass is 345 g/mol. The van der Waals surface area contributed by atoms with Crippen molar-refractivity contribution in [1.29, 1.82) is 0 Å². The second-order valence-corrected chi connectivity index (χ2v) is 7.06. The molecule has 0 aliphatic carbocycles. The Hall–Kier alpha value is -1.95. The van der Waals surface area contributed by atoms with Crippen LogP contribution in [0.5, 0.6) is 0 Å². The molecule has 3 rings (SSSR count). The normalized spacial score (nSPS) is 24.5. The summed E-state index contributed by atoms with van der Waals surface area (Å²) in [6, 6.07) is 3.83. The molecule has 0 saturated carbocycles. The second kappa shape index (κ2) is 7.52. The van der Waals surface area contributed by atoms with Crippen LogP contribution in [0.4, 0.5) is 0 Å². The van der Waals surface area contributed by atoms with E-state index in [1.54, 1.807) is 0 Å². The largest absolute Gasteiger partial charge is 0.367 e. The van der Waals surface area contributed by atoms with Gasteiger partial charge in [0.1, 0.15) is 6.10 Å². The third-order valence-electron chi connectivity index (χ3n) is 5.46. The highest BCUT2D eigenvalue weighted by molar-refractivity contribution is 5.95. The minimum absolute atomic E-state index is 0.0634. The lowest BCUT2D eigenvalue weighted by molar-refractivity contribution is -0.130. The summed E-state index contributed by atoms with van der Waals surface area (Å²) in [5.74, 6) is 0.0946. The van der Waals surface area contributed by atoms with Crippen molar-refractivity contribution < 1.29 is 14.3 Å². The number of aryl methyl sites for hydroxylation is 2. The van der Waals surface area contributed by atoms with Crippen molar-refractivity contribution in [3.8, 4) is 0 Å². The van der Waals surface area contributed by atoms with Gasteiger partial charge in [-0.2, -0.15) is 0 Å². The SMILES string of the molecule is CCc1ccc(C(=O)N2CCC([C@@H]3CC[C@H](C(N)=O)O3)CC2)c(C)n1. The van der Waals surface area contributed by atoms with Gasteiger partial charge >= 0.3 is 0 Å². The molecule has 0 aromatic carbocycles. The van der Waals surface area contributed by atoms with Crippen LogP contribution < -0.4 is 5.73 Å². The summed E-state index contributed by atoms with van der Waals surface area (Å²) in [4.78, 5) is 30.4. The van der Waals surface area contributed by atoms with E-state index in [1.807, 2.05) is 24.0 Å². The van der Waals surface area contributed by atoms with Gasteiger partial charge in [-0.05, 0) is 57.1 Å². The molecular formula is C19H27N3O3. The maximum Gasteiger partial charge on any atom is 0.255 e. The molecule has 136 valence electrons. The zero-order chi connectivity index (χ0) is 18.0. The summed E-state index contributed by atoms with van der Waals surface area (Å²) in [5.41, 5.74) is 7.83. The van der Waals surface area contributed by atoms with Gasteiger partial charge in [0.2, 0.25) is 5.91 Å². The fraction of sp³-hybridized carbons (Fsp3) is 0.632. The van der Waals surface area contributed by atoms with Gasteiger partial charge in [0, 0.05) is 18.8 Å². The smallest absolute Gasteiger partial charge is 0.255 e. The van der Waals surface area contributed by atoms with Crippen molar-refractivity contribution in [2.75, 3.05) is 13.1 Å². The number of carbonyl (C=O) groups excluding carboxylic acids is 2. The Kier molecular flexibility index (Phi) is 5.37. The van der Waals surface area contributed by atoms with Crippen LogP contribution in [0.25, 0.3) is 0 Å². The van der Waals surface area contributed by atoms with E-state index in [-0.39, 0.29) is 17.9 Å². The highest BCUT2D eigenvalue weighted by atomic mass is 16.5. The van der Waals surface area contributed by atoms with Crippen molar-refractivity contribution in [1.82, 2.24) is 9.88 Å². The summed E-state index contributed by atoms with van der Waals surface area (Å²) >= 11 is 0. The van der Waals surface area contributed by atoms with E-state index in [2.05, 4.69) is 11.9 Å². The molecule has 0 radical (unpaired) electrons. The molecule has 1 aromatic heterocycles. The fourth-order valence-electron chi connectivity index (χ4n) is 3.90. The maximum absolute atomic E-state index is 12.8. The van der Waals surface area contributed by atoms with Crippen LogP contribution in [0.3, 0.4) is 0 Å². The number of aromatic nitrogens is 1. The number of hydrogen-bond donors (Lipinski definition) is 1. The molecule has 0 spiro atoms. The first-order valence-corrected chi connectivity index (χ1v) is 9.20. The third kappa shape index (κ3) is 3.84. The summed E-state index contributed by atoms with van der Waals surface area (Å²) in [6.07, 6.45) is 3.94. The number of nitrogens with two attached hydrogens (primary N) is 1. The predicted molar refractivity (Wildman–Crippen MR) is 94.1 cm³/mol. The van der Waals surface area contributed by atoms with E-state index < -0.39 is 6.10 Å². The molecule has 1 aromatic rings. The number of pyridine rings is 1. The quantitative estimate of drug-likeness (QED) is 0.902. The van der Waals surface area contributed by atoms with Crippen LogP contribution in [0.1, 0.15) is 54.4 Å². The molecule has 25 heavy (non-hydrogen) atoms. The Morgan fingerprint density at radius 3 is 2.52 bits per heavy atom. The Bertz CT molecular complexity index is 653. The lowest BCUT2D eigenvalue weighted by atomic mass is 9.89. The Morgan fingerprint density at radius 1 is 1.24 bits per heavy atom. The first kappa shape index (κ1) is 17.9. The van der Waals surface area contributed by atoms with Crippen LogP contribution in [0.15, 0.2) is 12.1 Å². The lowest BCUT2D eigenvalue weighted by Gasteiger charge is -2.34. The van der Waals surface area contributed by atoms with E-state index in [4.69, 9.17) is 10.5 Å². The topological polar surface area (TPSA) is 85.5 Å². The van der Waals surface area contributed by atoms with E-state index in [1.165, 1.54) is 0 Å². The molecule has 2 fully saturated rings. The summed E-state index contributed by atoms with van der Waals surface area (Å²) in [7, 11) is 0. The van der Waals surface area contributed by atoms with Crippen LogP contribution in [0.2, 0.25) is 0 Å². The summed E-state index contributed by atoms with van der Waals surface area (Å²) in [5, 5.41) is 0. The summed E-state index contributed by atoms with van der Waals surface area (Å²) < 4.78 is 5.80. The number of likely N-dealkylation sites (tertiary alicyclic amines) is 1. The average molecular weight is 345 g/mol. The van der Waals surface area contributed by atoms with Crippen molar-refractivity contribution in [3.05, 3.63) is 29.1 Å². The van der Waals surface area contributed by atoms with Gasteiger partial charge < -0.3 is 15.4 Å². The van der Waals surface area contributed by atoms with Gasteiger partial charge in [-0.3, -0.25) is 14.6 Å². The van der Waals surface area contributed by atoms with Crippen molar-refractivity contribution in [2.24, 2.45) is 11.7 Å². The molecule has 6 nitrogen and oxygen atoms in total. The highest BCUT2D eigenvalue weighted by Crippen LogP contribution is 2.32. The van der Waals surface area contributed by atoms with E-state index >= 15 is 0 Å². The third-order valence-corrected chi connectivity index (χ3v) is 5.46. The van der Waals surface area contributed by atoms with Crippen molar-refractivity contribution in [2.45, 2.75) is 58.2 Å². The molecule has 6 heteroatoms. The number of piperidine rings is 1. The highest BCUT2D eigenvalue weighted by Gasteiger charge is 2.36. The van der Waals surface area contributed by atoms with Crippen LogP contribution in [0, 0.1) is 12.8 Å². The lowest BCUT2D eigenvalue weighted by Crippen LogP contribution is -2.42. The fourth-order valence-corrected chi connectivity index (χ4v) is 3.90. The maximum atomic E-state index is 12.8. The molecule has 2 saturated heterocycles. The molecule has 2 atom stereocenters. The Balaban J connectivity index is 1.57. The molecule has 2 aliphatic heterocycles. The zero-order valence-corrected chi connectivity index (χ0v) is 15.0. The van der Waals surface area contributed by atoms with E-state index in [9.17, 15) is 9.59 Å². The van der Waals surface area contributed by atoms with Gasteiger partial charge in [-0.15, -0.1) is 0 Å². The molecule has 2 amide bonds. The summed E-state index contributed by atoms with van der Waals surface area (Å²) in [6.45, 7) is 5.40. The van der Waals surface area contributed by atoms with Gasteiger partial charge in [0.05, 0.1) is 17.4 Å². The number of ether oxygens (including phenoxy) is 1. The minimum atomic E-state index is -0.435. The van der Waals surface area contributed by atoms with Crippen molar-refractivity contribution in [3.63, 3.8) is 0 Å². The van der Waals surface area contributed by atoms with E-state index in [0.717, 1.165) is 50.2 Å². The molecule has 2 aliphatic rings. The van der Waals surface area contributed by atoms with Crippen LogP contribution >= 0.6 is 0 Å². The predicted octanol–water partition coefficient (Wildman–Crippen LogP) is 1.84.